The second-order valence-corrected chi connectivity index (χ2v) is 5.39. The monoisotopic (exact) mass is 289 g/mol. The Balaban J connectivity index is 2.13. The molecule has 1 N–H and O–H groups in total. The van der Waals surface area contributed by atoms with E-state index in [4.69, 9.17) is 5.11 Å². The maximum atomic E-state index is 10.9. The van der Waals surface area contributed by atoms with E-state index in [1.54, 1.807) is 12.1 Å². The number of thioether (sulfide) groups is 1. The number of hydrogen-bond donors (Lipinski definition) is 1. The Morgan fingerprint density at radius 2 is 1.90 bits per heavy atom. The van der Waals surface area contributed by atoms with E-state index in [-0.39, 0.29) is 5.69 Å². The summed E-state index contributed by atoms with van der Waals surface area (Å²) in [6, 6.07) is 3.37. The van der Waals surface area contributed by atoms with Crippen molar-refractivity contribution in [2.75, 3.05) is 0 Å². The molecule has 0 saturated carbocycles. The molecule has 0 aliphatic carbocycles. The largest absolute Gasteiger partial charge is 0.477 e. The van der Waals surface area contributed by atoms with Crippen LogP contribution in [0.5, 0.6) is 0 Å². The second-order valence-electron chi connectivity index (χ2n) is 4.45. The van der Waals surface area contributed by atoms with Crippen LogP contribution in [0.3, 0.4) is 0 Å². The highest BCUT2D eigenvalue weighted by molar-refractivity contribution is 7.98. The van der Waals surface area contributed by atoms with Gasteiger partial charge in [-0.15, -0.1) is 0 Å². The molecule has 0 radical (unpaired) electrons. The van der Waals surface area contributed by atoms with E-state index in [0.29, 0.717) is 10.9 Å². The first-order valence-electron chi connectivity index (χ1n) is 6.10. The van der Waals surface area contributed by atoms with Crippen LogP contribution in [0.25, 0.3) is 0 Å². The Bertz CT molecular complexity index is 636. The van der Waals surface area contributed by atoms with Crippen LogP contribution in [-0.4, -0.2) is 26.0 Å². The van der Waals surface area contributed by atoms with E-state index in [2.05, 4.69) is 15.0 Å². The Morgan fingerprint density at radius 3 is 2.50 bits per heavy atom. The van der Waals surface area contributed by atoms with Crippen LogP contribution in [-0.2, 0) is 5.75 Å². The van der Waals surface area contributed by atoms with Crippen LogP contribution >= 0.6 is 11.8 Å². The zero-order valence-corrected chi connectivity index (χ0v) is 12.4. The number of carboxylic acids is 1. The van der Waals surface area contributed by atoms with Gasteiger partial charge in [0.1, 0.15) is 5.69 Å². The Hall–Kier alpha value is -1.95. The Morgan fingerprint density at radius 1 is 1.25 bits per heavy atom. The van der Waals surface area contributed by atoms with Crippen molar-refractivity contribution >= 4 is 17.7 Å². The van der Waals surface area contributed by atoms with E-state index in [9.17, 15) is 4.79 Å². The molecular weight excluding hydrogens is 274 g/mol. The lowest BCUT2D eigenvalue weighted by molar-refractivity contribution is 0.0690. The summed E-state index contributed by atoms with van der Waals surface area (Å²) in [6.45, 7) is 5.92. The van der Waals surface area contributed by atoms with Gasteiger partial charge in [0.05, 0.1) is 0 Å². The van der Waals surface area contributed by atoms with Gasteiger partial charge in [-0.05, 0) is 44.0 Å². The van der Waals surface area contributed by atoms with Crippen LogP contribution in [0.4, 0.5) is 0 Å². The van der Waals surface area contributed by atoms with E-state index in [0.717, 1.165) is 22.5 Å². The quantitative estimate of drug-likeness (QED) is 0.689. The van der Waals surface area contributed by atoms with Crippen LogP contribution < -0.4 is 0 Å². The normalized spacial score (nSPS) is 10.6. The van der Waals surface area contributed by atoms with Gasteiger partial charge >= 0.3 is 5.97 Å². The molecule has 2 aromatic rings. The highest BCUT2D eigenvalue weighted by Gasteiger charge is 2.08. The minimum Gasteiger partial charge on any atom is -0.477 e. The molecule has 0 amide bonds. The number of aromatic nitrogens is 3. The molecule has 0 aliphatic heterocycles. The van der Waals surface area contributed by atoms with Crippen molar-refractivity contribution in [3.05, 3.63) is 46.5 Å². The molecular formula is C14H15N3O2S. The number of aromatic carboxylic acids is 1. The van der Waals surface area contributed by atoms with Gasteiger partial charge < -0.3 is 5.11 Å². The summed E-state index contributed by atoms with van der Waals surface area (Å²) in [5.74, 6) is -0.403. The van der Waals surface area contributed by atoms with Gasteiger partial charge in [0, 0.05) is 23.3 Å². The third kappa shape index (κ3) is 3.33. The zero-order chi connectivity index (χ0) is 14.7. The lowest BCUT2D eigenvalue weighted by Gasteiger charge is -2.07. The van der Waals surface area contributed by atoms with Crippen LogP contribution in [0.2, 0.25) is 0 Å². The predicted octanol–water partition coefficient (Wildman–Crippen LogP) is 2.79. The van der Waals surface area contributed by atoms with Crippen molar-refractivity contribution in [3.8, 4) is 0 Å². The minimum atomic E-state index is -1.02. The summed E-state index contributed by atoms with van der Waals surface area (Å²) in [6.07, 6.45) is 1.51. The van der Waals surface area contributed by atoms with Gasteiger partial charge in [-0.3, -0.25) is 0 Å². The van der Waals surface area contributed by atoms with E-state index >= 15 is 0 Å². The van der Waals surface area contributed by atoms with E-state index in [1.807, 2.05) is 20.8 Å². The number of aryl methyl sites for hydroxylation is 2. The lowest BCUT2D eigenvalue weighted by atomic mass is 10.2. The molecule has 20 heavy (non-hydrogen) atoms. The van der Waals surface area contributed by atoms with Crippen LogP contribution in [0.15, 0.2) is 23.5 Å². The molecule has 0 fully saturated rings. The first-order chi connectivity index (χ1) is 9.47. The SMILES string of the molecule is Cc1nc(SCc2ccnc(C(=O)O)c2)nc(C)c1C. The van der Waals surface area contributed by atoms with Gasteiger partial charge in [-0.1, -0.05) is 11.8 Å². The summed E-state index contributed by atoms with van der Waals surface area (Å²) in [7, 11) is 0. The summed E-state index contributed by atoms with van der Waals surface area (Å²) < 4.78 is 0. The molecule has 0 spiro atoms. The first kappa shape index (κ1) is 14.5. The average Bonchev–Trinajstić information content (AvgIpc) is 2.42. The highest BCUT2D eigenvalue weighted by Crippen LogP contribution is 2.21. The minimum absolute atomic E-state index is 0.0558. The van der Waals surface area contributed by atoms with Crippen molar-refractivity contribution in [1.82, 2.24) is 15.0 Å². The molecule has 0 saturated heterocycles. The van der Waals surface area contributed by atoms with Crippen molar-refractivity contribution in [2.24, 2.45) is 0 Å². The van der Waals surface area contributed by atoms with Gasteiger partial charge in [0.25, 0.3) is 0 Å². The fourth-order valence-electron chi connectivity index (χ4n) is 1.63. The molecule has 0 unspecified atom stereocenters. The standard InChI is InChI=1S/C14H15N3O2S/c1-8-9(2)16-14(17-10(8)3)20-7-11-4-5-15-12(6-11)13(18)19/h4-6H,7H2,1-3H3,(H,18,19). The molecule has 0 aliphatic rings. The topological polar surface area (TPSA) is 76.0 Å². The second kappa shape index (κ2) is 6.00. The highest BCUT2D eigenvalue weighted by atomic mass is 32.2. The summed E-state index contributed by atoms with van der Waals surface area (Å²) in [4.78, 5) is 23.5. The number of hydrogen-bond acceptors (Lipinski definition) is 5. The van der Waals surface area contributed by atoms with Gasteiger partial charge in [-0.2, -0.15) is 0 Å². The number of carboxylic acid groups (broad SMARTS) is 1. The maximum Gasteiger partial charge on any atom is 0.354 e. The molecule has 2 aromatic heterocycles. The Labute approximate surface area is 121 Å². The summed E-state index contributed by atoms with van der Waals surface area (Å²) >= 11 is 1.49. The summed E-state index contributed by atoms with van der Waals surface area (Å²) in [5.41, 5.74) is 4.00. The molecule has 6 heteroatoms. The molecule has 2 rings (SSSR count). The van der Waals surface area contributed by atoms with Gasteiger partial charge in [0.15, 0.2) is 5.16 Å². The number of rotatable bonds is 4. The molecule has 2 heterocycles. The molecule has 0 bridgehead atoms. The summed E-state index contributed by atoms with van der Waals surface area (Å²) in [5, 5.41) is 9.61. The number of nitrogens with zero attached hydrogens (tertiary/aromatic N) is 3. The van der Waals surface area contributed by atoms with Crippen molar-refractivity contribution in [1.29, 1.82) is 0 Å². The Kier molecular flexibility index (Phi) is 4.34. The zero-order valence-electron chi connectivity index (χ0n) is 11.5. The molecule has 5 nitrogen and oxygen atoms in total. The van der Waals surface area contributed by atoms with Crippen LogP contribution in [0, 0.1) is 20.8 Å². The maximum absolute atomic E-state index is 10.9. The molecule has 104 valence electrons. The predicted molar refractivity (Wildman–Crippen MR) is 77.0 cm³/mol. The third-order valence-corrected chi connectivity index (χ3v) is 3.94. The third-order valence-electron chi connectivity index (χ3n) is 3.02. The first-order valence-corrected chi connectivity index (χ1v) is 7.09. The van der Waals surface area contributed by atoms with Gasteiger partial charge in [0.2, 0.25) is 0 Å². The fourth-order valence-corrected chi connectivity index (χ4v) is 2.51. The fraction of sp³-hybridized carbons (Fsp3) is 0.286. The van der Waals surface area contributed by atoms with Crippen LogP contribution in [0.1, 0.15) is 33.0 Å². The smallest absolute Gasteiger partial charge is 0.354 e. The number of pyridine rings is 1. The lowest BCUT2D eigenvalue weighted by Crippen LogP contribution is -2.01. The van der Waals surface area contributed by atoms with E-state index in [1.165, 1.54) is 18.0 Å². The van der Waals surface area contributed by atoms with Gasteiger partial charge in [-0.25, -0.2) is 19.7 Å². The molecule has 0 atom stereocenters. The van der Waals surface area contributed by atoms with Crippen molar-refractivity contribution in [2.45, 2.75) is 31.7 Å². The molecule has 0 aromatic carbocycles. The average molecular weight is 289 g/mol. The van der Waals surface area contributed by atoms with Crippen molar-refractivity contribution < 1.29 is 9.90 Å². The van der Waals surface area contributed by atoms with Crippen molar-refractivity contribution in [3.63, 3.8) is 0 Å². The van der Waals surface area contributed by atoms with E-state index < -0.39 is 5.97 Å². The number of carbonyl (C=O) groups is 1.